The molecule has 6 heteroatoms. The molecule has 1 aromatic rings. The number of anilines is 1. The van der Waals surface area contributed by atoms with Gasteiger partial charge in [0.15, 0.2) is 0 Å². The Morgan fingerprint density at radius 2 is 1.95 bits per heavy atom. The molecule has 1 rings (SSSR count). The van der Waals surface area contributed by atoms with Crippen LogP contribution in [0.5, 0.6) is 0 Å². The smallest absolute Gasteiger partial charge is 0.363 e. The molecule has 0 saturated heterocycles. The first kappa shape index (κ1) is 17.1. The van der Waals surface area contributed by atoms with Gasteiger partial charge in [-0.15, -0.1) is 0 Å². The molecule has 0 radical (unpaired) electrons. The summed E-state index contributed by atoms with van der Waals surface area (Å²) < 4.78 is 37.5. The van der Waals surface area contributed by atoms with Gasteiger partial charge in [-0.05, 0) is 37.5 Å². The molecule has 20 heavy (non-hydrogen) atoms. The van der Waals surface area contributed by atoms with E-state index in [1.807, 2.05) is 6.92 Å². The summed E-state index contributed by atoms with van der Waals surface area (Å²) in [5, 5.41) is 0.465. The van der Waals surface area contributed by atoms with Crippen LogP contribution in [0, 0.1) is 0 Å². The zero-order chi connectivity index (χ0) is 15.3. The Morgan fingerprint density at radius 1 is 1.30 bits per heavy atom. The van der Waals surface area contributed by atoms with Gasteiger partial charge in [-0.3, -0.25) is 0 Å². The van der Waals surface area contributed by atoms with Crippen LogP contribution in [0.15, 0.2) is 18.2 Å². The van der Waals surface area contributed by atoms with E-state index in [9.17, 15) is 13.2 Å². The molecule has 0 aliphatic carbocycles. The predicted octanol–water partition coefficient (Wildman–Crippen LogP) is 4.01. The van der Waals surface area contributed by atoms with Crippen LogP contribution in [0.3, 0.4) is 0 Å². The van der Waals surface area contributed by atoms with Crippen LogP contribution >= 0.6 is 11.6 Å². The first-order valence-electron chi connectivity index (χ1n) is 6.62. The SMILES string of the molecule is CCC(N)Cc1ccc(N(CC)CC(F)(F)F)cc1Cl. The van der Waals surface area contributed by atoms with Crippen molar-refractivity contribution in [3.63, 3.8) is 0 Å². The summed E-state index contributed by atoms with van der Waals surface area (Å²) in [4.78, 5) is 1.25. The van der Waals surface area contributed by atoms with E-state index in [1.54, 1.807) is 25.1 Å². The van der Waals surface area contributed by atoms with Crippen molar-refractivity contribution in [1.82, 2.24) is 0 Å². The van der Waals surface area contributed by atoms with Crippen molar-refractivity contribution in [2.75, 3.05) is 18.0 Å². The summed E-state index contributed by atoms with van der Waals surface area (Å²) in [6.45, 7) is 2.95. The molecule has 0 bridgehead atoms. The molecule has 1 aromatic carbocycles. The average molecular weight is 309 g/mol. The fourth-order valence-electron chi connectivity index (χ4n) is 1.93. The average Bonchev–Trinajstić information content (AvgIpc) is 2.37. The molecule has 1 unspecified atom stereocenters. The normalized spacial score (nSPS) is 13.3. The standard InChI is InChI=1S/C14H20ClF3N2/c1-3-11(19)7-10-5-6-12(8-13(10)15)20(4-2)9-14(16,17)18/h5-6,8,11H,3-4,7,9,19H2,1-2H3. The van der Waals surface area contributed by atoms with Crippen LogP contribution in [-0.2, 0) is 6.42 Å². The van der Waals surface area contributed by atoms with E-state index in [0.29, 0.717) is 17.1 Å². The molecular formula is C14H20ClF3N2. The monoisotopic (exact) mass is 308 g/mol. The molecule has 0 amide bonds. The second-order valence-electron chi connectivity index (χ2n) is 4.78. The van der Waals surface area contributed by atoms with Gasteiger partial charge in [-0.25, -0.2) is 0 Å². The summed E-state index contributed by atoms with van der Waals surface area (Å²) in [5.41, 5.74) is 7.21. The minimum absolute atomic E-state index is 0.0100. The van der Waals surface area contributed by atoms with Gasteiger partial charge in [0, 0.05) is 23.3 Å². The quantitative estimate of drug-likeness (QED) is 0.860. The molecule has 0 fully saturated rings. The van der Waals surface area contributed by atoms with Gasteiger partial charge in [-0.2, -0.15) is 13.2 Å². The van der Waals surface area contributed by atoms with E-state index < -0.39 is 12.7 Å². The zero-order valence-electron chi connectivity index (χ0n) is 11.7. The van der Waals surface area contributed by atoms with E-state index >= 15 is 0 Å². The van der Waals surface area contributed by atoms with Gasteiger partial charge in [0.25, 0.3) is 0 Å². The largest absolute Gasteiger partial charge is 0.405 e. The number of nitrogens with zero attached hydrogens (tertiary/aromatic N) is 1. The lowest BCUT2D eigenvalue weighted by Gasteiger charge is -2.25. The molecule has 0 heterocycles. The van der Waals surface area contributed by atoms with E-state index in [2.05, 4.69) is 0 Å². The number of rotatable bonds is 6. The first-order valence-corrected chi connectivity index (χ1v) is 7.00. The molecule has 0 spiro atoms. The summed E-state index contributed by atoms with van der Waals surface area (Å²) >= 11 is 6.14. The van der Waals surface area contributed by atoms with Crippen molar-refractivity contribution < 1.29 is 13.2 Å². The number of halogens is 4. The van der Waals surface area contributed by atoms with Crippen molar-refractivity contribution >= 4 is 17.3 Å². The van der Waals surface area contributed by atoms with Crippen LogP contribution in [0.25, 0.3) is 0 Å². The van der Waals surface area contributed by atoms with Crippen molar-refractivity contribution in [2.45, 2.75) is 38.9 Å². The lowest BCUT2D eigenvalue weighted by molar-refractivity contribution is -0.119. The third kappa shape index (κ3) is 5.21. The molecule has 0 saturated carbocycles. The molecule has 0 aliphatic rings. The minimum Gasteiger partial charge on any atom is -0.363 e. The Labute approximate surface area is 122 Å². The molecule has 2 nitrogen and oxygen atoms in total. The fourth-order valence-corrected chi connectivity index (χ4v) is 2.18. The second kappa shape index (κ2) is 7.18. The number of nitrogens with two attached hydrogens (primary N) is 1. The number of benzene rings is 1. The Kier molecular flexibility index (Phi) is 6.14. The van der Waals surface area contributed by atoms with Gasteiger partial charge in [0.2, 0.25) is 0 Å². The molecule has 2 N–H and O–H groups in total. The highest BCUT2D eigenvalue weighted by atomic mass is 35.5. The highest BCUT2D eigenvalue weighted by molar-refractivity contribution is 6.31. The lowest BCUT2D eigenvalue weighted by atomic mass is 10.0. The van der Waals surface area contributed by atoms with Crippen molar-refractivity contribution in [3.05, 3.63) is 28.8 Å². The van der Waals surface area contributed by atoms with Crippen molar-refractivity contribution in [2.24, 2.45) is 5.73 Å². The van der Waals surface area contributed by atoms with Gasteiger partial charge in [0.1, 0.15) is 6.54 Å². The third-order valence-corrected chi connectivity index (χ3v) is 3.51. The highest BCUT2D eigenvalue weighted by Gasteiger charge is 2.30. The van der Waals surface area contributed by atoms with Gasteiger partial charge >= 0.3 is 6.18 Å². The highest BCUT2D eigenvalue weighted by Crippen LogP contribution is 2.27. The van der Waals surface area contributed by atoms with Gasteiger partial charge in [-0.1, -0.05) is 24.6 Å². The van der Waals surface area contributed by atoms with Gasteiger partial charge in [0.05, 0.1) is 0 Å². The second-order valence-corrected chi connectivity index (χ2v) is 5.18. The lowest BCUT2D eigenvalue weighted by Crippen LogP contribution is -2.34. The fraction of sp³-hybridized carbons (Fsp3) is 0.571. The number of hydrogen-bond donors (Lipinski definition) is 1. The Balaban J connectivity index is 2.89. The number of hydrogen-bond acceptors (Lipinski definition) is 2. The van der Waals surface area contributed by atoms with Crippen LogP contribution in [0.2, 0.25) is 5.02 Å². The van der Waals surface area contributed by atoms with Crippen molar-refractivity contribution in [3.8, 4) is 0 Å². The van der Waals surface area contributed by atoms with E-state index in [-0.39, 0.29) is 12.6 Å². The maximum absolute atomic E-state index is 12.5. The zero-order valence-corrected chi connectivity index (χ0v) is 12.4. The molecule has 1 atom stereocenters. The predicted molar refractivity (Wildman–Crippen MR) is 77.4 cm³/mol. The van der Waals surface area contributed by atoms with Crippen LogP contribution < -0.4 is 10.6 Å². The van der Waals surface area contributed by atoms with E-state index in [0.717, 1.165) is 12.0 Å². The van der Waals surface area contributed by atoms with Crippen LogP contribution in [0.4, 0.5) is 18.9 Å². The summed E-state index contributed by atoms with van der Waals surface area (Å²) in [6.07, 6.45) is -2.78. The molecule has 0 aliphatic heterocycles. The Bertz CT molecular complexity index is 435. The van der Waals surface area contributed by atoms with E-state index in [4.69, 9.17) is 17.3 Å². The van der Waals surface area contributed by atoms with Crippen LogP contribution in [0.1, 0.15) is 25.8 Å². The maximum atomic E-state index is 12.5. The molecule has 0 aromatic heterocycles. The summed E-state index contributed by atoms with van der Waals surface area (Å²) in [6, 6.07) is 5.01. The summed E-state index contributed by atoms with van der Waals surface area (Å²) in [5.74, 6) is 0. The van der Waals surface area contributed by atoms with E-state index in [1.165, 1.54) is 4.90 Å². The van der Waals surface area contributed by atoms with Gasteiger partial charge < -0.3 is 10.6 Å². The number of alkyl halides is 3. The Morgan fingerprint density at radius 3 is 2.40 bits per heavy atom. The molecule has 114 valence electrons. The topological polar surface area (TPSA) is 29.3 Å². The Hall–Kier alpha value is -0.940. The molecular weight excluding hydrogens is 289 g/mol. The van der Waals surface area contributed by atoms with Crippen molar-refractivity contribution in [1.29, 1.82) is 0 Å². The minimum atomic E-state index is -4.23. The maximum Gasteiger partial charge on any atom is 0.405 e. The van der Waals surface area contributed by atoms with Crippen LogP contribution in [-0.4, -0.2) is 25.3 Å². The first-order chi connectivity index (χ1) is 9.26. The third-order valence-electron chi connectivity index (χ3n) is 3.16. The summed E-state index contributed by atoms with van der Waals surface area (Å²) in [7, 11) is 0.